The van der Waals surface area contributed by atoms with Gasteiger partial charge in [0.1, 0.15) is 13.2 Å². The average Bonchev–Trinajstić information content (AvgIpc) is 3.39. The van der Waals surface area contributed by atoms with Gasteiger partial charge in [-0.1, -0.05) is 22.8 Å². The number of piperidine rings is 1. The number of hydrogen-bond acceptors (Lipinski definition) is 5. The Morgan fingerprint density at radius 3 is 2.59 bits per heavy atom. The number of aromatic nitrogens is 1. The number of nitrogens with zero attached hydrogens (tertiary/aromatic N) is 4. The molecule has 4 amide bonds. The monoisotopic (exact) mass is 522 g/mol. The third kappa shape index (κ3) is 4.37. The number of aromatic amines is 1. The Balaban J connectivity index is 1.36. The number of H-pyrrole nitrogens is 1. The Hall–Kier alpha value is -4.05. The minimum Gasteiger partial charge on any atom is -0.397 e. The van der Waals surface area contributed by atoms with E-state index in [4.69, 9.17) is 16.4 Å². The highest BCUT2D eigenvalue weighted by atomic mass is 35.5. The fourth-order valence-electron chi connectivity index (χ4n) is 4.98. The van der Waals surface area contributed by atoms with Gasteiger partial charge >= 0.3 is 6.03 Å². The first-order valence-electron chi connectivity index (χ1n) is 11.9. The maximum Gasteiger partial charge on any atom is 0.332 e. The SMILES string of the molecule is CON=C(c1ccc(N2C(=O)[C@@H]3[C@H](NC(=O)c4ccc5c(Cl)c[nH]c5c4)CCCN3C2=O)cc1)N(C)C. The number of anilines is 1. The lowest BCUT2D eigenvalue weighted by atomic mass is 9.96. The van der Waals surface area contributed by atoms with Crippen LogP contribution < -0.4 is 10.2 Å². The molecule has 0 aliphatic carbocycles. The number of rotatable bonds is 5. The Morgan fingerprint density at radius 2 is 1.89 bits per heavy atom. The molecule has 0 unspecified atom stereocenters. The molecule has 2 N–H and O–H groups in total. The molecule has 0 radical (unpaired) electrons. The molecule has 5 rings (SSSR count). The maximum atomic E-state index is 13.5. The Bertz CT molecular complexity index is 1400. The smallest absolute Gasteiger partial charge is 0.332 e. The van der Waals surface area contributed by atoms with E-state index in [1.807, 2.05) is 14.1 Å². The zero-order chi connectivity index (χ0) is 26.3. The van der Waals surface area contributed by atoms with Gasteiger partial charge in [0.25, 0.3) is 11.8 Å². The van der Waals surface area contributed by atoms with E-state index >= 15 is 0 Å². The van der Waals surface area contributed by atoms with E-state index in [2.05, 4.69) is 15.5 Å². The predicted octanol–water partition coefficient (Wildman–Crippen LogP) is 3.42. The van der Waals surface area contributed by atoms with Crippen LogP contribution in [0.15, 0.2) is 53.8 Å². The van der Waals surface area contributed by atoms with Gasteiger partial charge in [0.2, 0.25) is 0 Å². The number of oxime groups is 1. The summed E-state index contributed by atoms with van der Waals surface area (Å²) in [5.74, 6) is -0.0583. The van der Waals surface area contributed by atoms with E-state index in [0.29, 0.717) is 41.5 Å². The Morgan fingerprint density at radius 1 is 1.16 bits per heavy atom. The lowest BCUT2D eigenvalue weighted by Crippen LogP contribution is -2.55. The molecule has 2 atom stereocenters. The molecule has 37 heavy (non-hydrogen) atoms. The number of nitrogens with one attached hydrogen (secondary N) is 2. The van der Waals surface area contributed by atoms with Crippen molar-refractivity contribution >= 4 is 51.9 Å². The van der Waals surface area contributed by atoms with Crippen molar-refractivity contribution in [2.75, 3.05) is 32.6 Å². The van der Waals surface area contributed by atoms with Gasteiger partial charge in [-0.05, 0) is 49.2 Å². The van der Waals surface area contributed by atoms with E-state index in [-0.39, 0.29) is 17.8 Å². The molecule has 2 saturated heterocycles. The molecule has 2 aliphatic rings. The van der Waals surface area contributed by atoms with Crippen LogP contribution >= 0.6 is 11.6 Å². The second kappa shape index (κ2) is 9.78. The molecule has 11 heteroatoms. The summed E-state index contributed by atoms with van der Waals surface area (Å²) in [5, 5.41) is 8.42. The van der Waals surface area contributed by atoms with Crippen molar-refractivity contribution in [3.8, 4) is 0 Å². The van der Waals surface area contributed by atoms with E-state index in [9.17, 15) is 14.4 Å². The molecular formula is C26H27ClN6O4. The highest BCUT2D eigenvalue weighted by Crippen LogP contribution is 2.32. The van der Waals surface area contributed by atoms with Crippen LogP contribution in [0.3, 0.4) is 0 Å². The van der Waals surface area contributed by atoms with E-state index in [1.165, 1.54) is 12.0 Å². The predicted molar refractivity (Wildman–Crippen MR) is 141 cm³/mol. The number of fused-ring (bicyclic) bond motifs is 2. The summed E-state index contributed by atoms with van der Waals surface area (Å²) in [6, 6.07) is 10.5. The Kier molecular flexibility index (Phi) is 6.51. The number of amidine groups is 1. The standard InChI is InChI=1S/C26H27ClN6O4/c1-31(2)23(30-37-3)15-6-9-17(10-7-15)33-25(35)22-20(5-4-12-32(22)26(33)36)29-24(34)16-8-11-18-19(27)14-28-21(18)13-16/h6-11,13-14,20,22,28H,4-5,12H2,1-3H3,(H,29,34)/t20-,22+/m1/s1. The third-order valence-electron chi connectivity index (χ3n) is 6.74. The average molecular weight is 523 g/mol. The molecule has 10 nitrogen and oxygen atoms in total. The van der Waals surface area contributed by atoms with Gasteiger partial charge in [-0.3, -0.25) is 9.59 Å². The molecule has 0 spiro atoms. The fourth-order valence-corrected chi connectivity index (χ4v) is 5.20. The van der Waals surface area contributed by atoms with Crippen molar-refractivity contribution in [3.63, 3.8) is 0 Å². The van der Waals surface area contributed by atoms with E-state index in [0.717, 1.165) is 16.5 Å². The van der Waals surface area contributed by atoms with Gasteiger partial charge in [0, 0.05) is 48.9 Å². The second-order valence-corrected chi connectivity index (χ2v) is 9.66. The van der Waals surface area contributed by atoms with Crippen molar-refractivity contribution in [3.05, 3.63) is 64.8 Å². The van der Waals surface area contributed by atoms with Crippen molar-refractivity contribution < 1.29 is 19.2 Å². The summed E-state index contributed by atoms with van der Waals surface area (Å²) >= 11 is 6.14. The van der Waals surface area contributed by atoms with Crippen LogP contribution in [-0.4, -0.2) is 78.3 Å². The number of amides is 4. The number of benzene rings is 2. The summed E-state index contributed by atoms with van der Waals surface area (Å²) in [6.45, 7) is 0.453. The van der Waals surface area contributed by atoms with E-state index in [1.54, 1.807) is 58.5 Å². The molecule has 192 valence electrons. The normalized spacial score (nSPS) is 19.8. The number of carbonyl (C=O) groups is 3. The minimum absolute atomic E-state index is 0.309. The molecule has 2 fully saturated rings. The van der Waals surface area contributed by atoms with Gasteiger partial charge in [0.15, 0.2) is 5.84 Å². The number of halogens is 1. The van der Waals surface area contributed by atoms with Crippen LogP contribution in [0.4, 0.5) is 10.5 Å². The molecular weight excluding hydrogens is 496 g/mol. The van der Waals surface area contributed by atoms with Crippen LogP contribution in [0.5, 0.6) is 0 Å². The summed E-state index contributed by atoms with van der Waals surface area (Å²) in [4.78, 5) is 52.4. The first-order chi connectivity index (χ1) is 17.8. The molecule has 0 saturated carbocycles. The van der Waals surface area contributed by atoms with Crippen LogP contribution in [0.2, 0.25) is 5.02 Å². The quantitative estimate of drug-likeness (QED) is 0.231. The van der Waals surface area contributed by atoms with Gasteiger partial charge < -0.3 is 24.9 Å². The third-order valence-corrected chi connectivity index (χ3v) is 7.05. The number of hydrogen-bond donors (Lipinski definition) is 2. The molecule has 2 aromatic carbocycles. The van der Waals surface area contributed by atoms with Crippen molar-refractivity contribution in [2.24, 2.45) is 5.16 Å². The Labute approximate surface area is 218 Å². The summed E-state index contributed by atoms with van der Waals surface area (Å²) in [6.07, 6.45) is 2.94. The van der Waals surface area contributed by atoms with Crippen LogP contribution in [0, 0.1) is 0 Å². The molecule has 1 aromatic heterocycles. The van der Waals surface area contributed by atoms with Crippen molar-refractivity contribution in [1.29, 1.82) is 0 Å². The van der Waals surface area contributed by atoms with Gasteiger partial charge in [-0.25, -0.2) is 9.69 Å². The number of imide groups is 1. The van der Waals surface area contributed by atoms with E-state index < -0.39 is 12.1 Å². The number of urea groups is 1. The molecule has 2 aliphatic heterocycles. The summed E-state index contributed by atoms with van der Waals surface area (Å²) in [7, 11) is 5.16. The molecule has 3 aromatic rings. The van der Waals surface area contributed by atoms with Crippen LogP contribution in [0.25, 0.3) is 10.9 Å². The topological polar surface area (TPSA) is 110 Å². The lowest BCUT2D eigenvalue weighted by Gasteiger charge is -2.34. The maximum absolute atomic E-state index is 13.5. The number of carbonyl (C=O) groups excluding carboxylic acids is 3. The minimum atomic E-state index is -0.763. The first-order valence-corrected chi connectivity index (χ1v) is 12.3. The van der Waals surface area contributed by atoms with Crippen LogP contribution in [0.1, 0.15) is 28.8 Å². The molecule has 0 bridgehead atoms. The largest absolute Gasteiger partial charge is 0.397 e. The first kappa shape index (κ1) is 24.6. The highest BCUT2D eigenvalue weighted by molar-refractivity contribution is 6.35. The van der Waals surface area contributed by atoms with Crippen molar-refractivity contribution in [1.82, 2.24) is 20.1 Å². The highest BCUT2D eigenvalue weighted by Gasteiger charge is 2.51. The van der Waals surface area contributed by atoms with Gasteiger partial charge in [-0.2, -0.15) is 0 Å². The zero-order valence-electron chi connectivity index (χ0n) is 20.7. The second-order valence-electron chi connectivity index (χ2n) is 9.25. The summed E-state index contributed by atoms with van der Waals surface area (Å²) in [5.41, 5.74) is 2.43. The van der Waals surface area contributed by atoms with Crippen molar-refractivity contribution in [2.45, 2.75) is 24.9 Å². The van der Waals surface area contributed by atoms with Gasteiger partial charge in [0.05, 0.1) is 16.8 Å². The fraction of sp³-hybridized carbons (Fsp3) is 0.308. The molecule has 3 heterocycles. The lowest BCUT2D eigenvalue weighted by molar-refractivity contribution is -0.121. The summed E-state index contributed by atoms with van der Waals surface area (Å²) < 4.78 is 0. The zero-order valence-corrected chi connectivity index (χ0v) is 21.5. The van der Waals surface area contributed by atoms with Crippen LogP contribution in [-0.2, 0) is 9.63 Å². The van der Waals surface area contributed by atoms with Gasteiger partial charge in [-0.15, -0.1) is 0 Å².